The summed E-state index contributed by atoms with van der Waals surface area (Å²) in [5, 5.41) is 14.5. The van der Waals surface area contributed by atoms with Gasteiger partial charge in [-0.25, -0.2) is 0 Å². The molecule has 5 heteroatoms. The van der Waals surface area contributed by atoms with Crippen LogP contribution in [0.15, 0.2) is 48.1 Å². The predicted octanol–water partition coefficient (Wildman–Crippen LogP) is 3.29. The highest BCUT2D eigenvalue weighted by atomic mass is 32.1. The highest BCUT2D eigenvalue weighted by Gasteiger charge is 2.07. The van der Waals surface area contributed by atoms with Gasteiger partial charge in [-0.15, -0.1) is 21.5 Å². The number of nitrogens with zero attached hydrogens (tertiary/aromatic N) is 3. The van der Waals surface area contributed by atoms with Gasteiger partial charge in [0.05, 0.1) is 5.00 Å². The number of para-hydroxylation sites is 1. The molecule has 1 N–H and O–H groups in total. The first kappa shape index (κ1) is 11.0. The summed E-state index contributed by atoms with van der Waals surface area (Å²) in [7, 11) is 1.94. The fourth-order valence-electron chi connectivity index (χ4n) is 1.73. The zero-order valence-electron chi connectivity index (χ0n) is 9.87. The maximum Gasteiger partial charge on any atom is 0.164 e. The van der Waals surface area contributed by atoms with E-state index >= 15 is 0 Å². The monoisotopic (exact) mass is 256 g/mol. The second-order valence-electron chi connectivity index (χ2n) is 3.96. The smallest absolute Gasteiger partial charge is 0.164 e. The number of hydrogen-bond donors (Lipinski definition) is 1. The molecule has 0 aliphatic heterocycles. The quantitative estimate of drug-likeness (QED) is 0.782. The molecule has 3 aromatic rings. The molecule has 3 rings (SSSR count). The lowest BCUT2D eigenvalue weighted by Crippen LogP contribution is -1.89. The summed E-state index contributed by atoms with van der Waals surface area (Å²) >= 11 is 1.66. The second-order valence-corrected chi connectivity index (χ2v) is 4.87. The molecule has 18 heavy (non-hydrogen) atoms. The minimum Gasteiger partial charge on any atom is -0.347 e. The van der Waals surface area contributed by atoms with Crippen LogP contribution < -0.4 is 5.32 Å². The molecule has 2 heterocycles. The molecule has 0 saturated heterocycles. The van der Waals surface area contributed by atoms with Gasteiger partial charge in [-0.1, -0.05) is 18.2 Å². The van der Waals surface area contributed by atoms with Crippen LogP contribution in [0, 0.1) is 0 Å². The molecule has 0 bridgehead atoms. The first-order valence-electron chi connectivity index (χ1n) is 5.58. The lowest BCUT2D eigenvalue weighted by atomic mass is 10.3. The lowest BCUT2D eigenvalue weighted by molar-refractivity contribution is 0.920. The standard InChI is InChI=1S/C13H12N4S/c1-17-9-14-16-13(17)10-7-12(18-8-10)15-11-5-3-2-4-6-11/h2-9,15H,1H3. The van der Waals surface area contributed by atoms with Crippen molar-refractivity contribution in [3.05, 3.63) is 48.1 Å². The first-order chi connectivity index (χ1) is 8.83. The molecule has 1 aromatic carbocycles. The van der Waals surface area contributed by atoms with Crippen molar-refractivity contribution < 1.29 is 0 Å². The molecular formula is C13H12N4S. The van der Waals surface area contributed by atoms with Gasteiger partial charge in [0.2, 0.25) is 0 Å². The normalized spacial score (nSPS) is 10.5. The molecule has 0 unspecified atom stereocenters. The molecular weight excluding hydrogens is 244 g/mol. The summed E-state index contributed by atoms with van der Waals surface area (Å²) in [6.07, 6.45) is 1.71. The van der Waals surface area contributed by atoms with Gasteiger partial charge in [-0.3, -0.25) is 0 Å². The van der Waals surface area contributed by atoms with Gasteiger partial charge in [0.1, 0.15) is 6.33 Å². The third-order valence-corrected chi connectivity index (χ3v) is 3.46. The van der Waals surface area contributed by atoms with Gasteiger partial charge in [0, 0.05) is 23.7 Å². The van der Waals surface area contributed by atoms with Gasteiger partial charge >= 0.3 is 0 Å². The third-order valence-electron chi connectivity index (χ3n) is 2.61. The number of thiophene rings is 1. The minimum atomic E-state index is 0.882. The number of benzene rings is 1. The Morgan fingerprint density at radius 3 is 2.78 bits per heavy atom. The van der Waals surface area contributed by atoms with E-state index in [2.05, 4.69) is 27.0 Å². The molecule has 0 fully saturated rings. The van der Waals surface area contributed by atoms with E-state index in [0.717, 1.165) is 22.1 Å². The van der Waals surface area contributed by atoms with Crippen LogP contribution in [-0.2, 0) is 7.05 Å². The van der Waals surface area contributed by atoms with Gasteiger partial charge in [0.15, 0.2) is 5.82 Å². The minimum absolute atomic E-state index is 0.882. The number of anilines is 2. The van der Waals surface area contributed by atoms with Gasteiger partial charge in [0.25, 0.3) is 0 Å². The topological polar surface area (TPSA) is 42.7 Å². The number of aromatic nitrogens is 3. The molecule has 4 nitrogen and oxygen atoms in total. The lowest BCUT2D eigenvalue weighted by Gasteiger charge is -2.01. The van der Waals surface area contributed by atoms with E-state index in [1.807, 2.05) is 41.9 Å². The zero-order chi connectivity index (χ0) is 12.4. The van der Waals surface area contributed by atoms with Crippen molar-refractivity contribution in [2.75, 3.05) is 5.32 Å². The van der Waals surface area contributed by atoms with Crippen LogP contribution in [-0.4, -0.2) is 14.8 Å². The number of hydrogen-bond acceptors (Lipinski definition) is 4. The van der Waals surface area contributed by atoms with Crippen LogP contribution in [0.5, 0.6) is 0 Å². The second kappa shape index (κ2) is 4.62. The van der Waals surface area contributed by atoms with Gasteiger partial charge in [-0.05, 0) is 18.2 Å². The van der Waals surface area contributed by atoms with Crippen molar-refractivity contribution in [1.82, 2.24) is 14.8 Å². The average Bonchev–Trinajstić information content (AvgIpc) is 2.99. The number of nitrogens with one attached hydrogen (secondary N) is 1. The van der Waals surface area contributed by atoms with Crippen LogP contribution in [0.1, 0.15) is 0 Å². The Hall–Kier alpha value is -2.14. The third kappa shape index (κ3) is 2.12. The molecule has 0 radical (unpaired) electrons. The SMILES string of the molecule is Cn1cnnc1-c1csc(Nc2ccccc2)c1. The maximum atomic E-state index is 4.10. The van der Waals surface area contributed by atoms with Crippen molar-refractivity contribution in [2.45, 2.75) is 0 Å². The fraction of sp³-hybridized carbons (Fsp3) is 0.0769. The number of rotatable bonds is 3. The van der Waals surface area contributed by atoms with E-state index in [-0.39, 0.29) is 0 Å². The van der Waals surface area contributed by atoms with Crippen LogP contribution >= 0.6 is 11.3 Å². The van der Waals surface area contributed by atoms with Crippen molar-refractivity contribution >= 4 is 22.0 Å². The largest absolute Gasteiger partial charge is 0.347 e. The van der Waals surface area contributed by atoms with Gasteiger partial charge in [-0.2, -0.15) is 0 Å². The Labute approximate surface area is 109 Å². The van der Waals surface area contributed by atoms with Crippen LogP contribution in [0.3, 0.4) is 0 Å². The maximum absolute atomic E-state index is 4.10. The van der Waals surface area contributed by atoms with E-state index in [0.29, 0.717) is 0 Å². The van der Waals surface area contributed by atoms with Crippen LogP contribution in [0.25, 0.3) is 11.4 Å². The highest BCUT2D eigenvalue weighted by Crippen LogP contribution is 2.29. The Balaban J connectivity index is 1.84. The van der Waals surface area contributed by atoms with E-state index < -0.39 is 0 Å². The summed E-state index contributed by atoms with van der Waals surface area (Å²) in [5.41, 5.74) is 2.17. The van der Waals surface area contributed by atoms with Crippen molar-refractivity contribution in [3.63, 3.8) is 0 Å². The average molecular weight is 256 g/mol. The van der Waals surface area contributed by atoms with Crippen LogP contribution in [0.4, 0.5) is 10.7 Å². The molecule has 0 spiro atoms. The Morgan fingerprint density at radius 2 is 2.06 bits per heavy atom. The fourth-order valence-corrected chi connectivity index (χ4v) is 2.53. The molecule has 0 saturated carbocycles. The van der Waals surface area contributed by atoms with E-state index in [9.17, 15) is 0 Å². The molecule has 0 atom stereocenters. The van der Waals surface area contributed by atoms with Crippen molar-refractivity contribution in [1.29, 1.82) is 0 Å². The van der Waals surface area contributed by atoms with E-state index in [1.165, 1.54) is 0 Å². The first-order valence-corrected chi connectivity index (χ1v) is 6.46. The van der Waals surface area contributed by atoms with Crippen LogP contribution in [0.2, 0.25) is 0 Å². The van der Waals surface area contributed by atoms with E-state index in [4.69, 9.17) is 0 Å². The molecule has 90 valence electrons. The Kier molecular flexibility index (Phi) is 2.82. The van der Waals surface area contributed by atoms with Crippen molar-refractivity contribution in [3.8, 4) is 11.4 Å². The Morgan fingerprint density at radius 1 is 1.22 bits per heavy atom. The van der Waals surface area contributed by atoms with Crippen molar-refractivity contribution in [2.24, 2.45) is 7.05 Å². The van der Waals surface area contributed by atoms with E-state index in [1.54, 1.807) is 17.7 Å². The highest BCUT2D eigenvalue weighted by molar-refractivity contribution is 7.14. The molecule has 2 aromatic heterocycles. The molecule has 0 amide bonds. The zero-order valence-corrected chi connectivity index (χ0v) is 10.7. The Bertz CT molecular complexity index is 642. The van der Waals surface area contributed by atoms with Gasteiger partial charge < -0.3 is 9.88 Å². The summed E-state index contributed by atoms with van der Waals surface area (Å²) in [4.78, 5) is 0. The molecule has 0 aliphatic carbocycles. The predicted molar refractivity (Wildman–Crippen MR) is 74.0 cm³/mol. The number of aryl methyl sites for hydroxylation is 1. The summed E-state index contributed by atoms with van der Waals surface area (Å²) in [6.45, 7) is 0. The summed E-state index contributed by atoms with van der Waals surface area (Å²) < 4.78 is 1.91. The summed E-state index contributed by atoms with van der Waals surface area (Å²) in [6, 6.07) is 12.2. The molecule has 0 aliphatic rings. The summed E-state index contributed by atoms with van der Waals surface area (Å²) in [5.74, 6) is 0.882.